The summed E-state index contributed by atoms with van der Waals surface area (Å²) in [5.41, 5.74) is 0.512. The fourth-order valence-corrected chi connectivity index (χ4v) is 2.74. The molecule has 1 aliphatic rings. The Labute approximate surface area is 127 Å². The molecule has 0 radical (unpaired) electrons. The van der Waals surface area contributed by atoms with Crippen LogP contribution in [-0.2, 0) is 10.2 Å². The molecule has 4 heteroatoms. The Balaban J connectivity index is 2.14. The zero-order valence-electron chi connectivity index (χ0n) is 13.5. The van der Waals surface area contributed by atoms with Gasteiger partial charge in [-0.3, -0.25) is 4.79 Å². The smallest absolute Gasteiger partial charge is 0.232 e. The minimum absolute atomic E-state index is 0.198. The van der Waals surface area contributed by atoms with Gasteiger partial charge >= 0.3 is 0 Å². The van der Waals surface area contributed by atoms with Crippen LogP contribution >= 0.6 is 0 Å². The van der Waals surface area contributed by atoms with E-state index in [1.54, 1.807) is 7.11 Å². The Bertz CT molecular complexity index is 482. The SMILES string of the molecule is COc1ccc(C(C)(C)C(=O)N2CCNC(C)CC2)cc1. The van der Waals surface area contributed by atoms with E-state index in [0.717, 1.165) is 37.4 Å². The maximum atomic E-state index is 12.9. The van der Waals surface area contributed by atoms with E-state index in [9.17, 15) is 4.79 Å². The van der Waals surface area contributed by atoms with E-state index in [-0.39, 0.29) is 5.91 Å². The molecule has 1 fully saturated rings. The van der Waals surface area contributed by atoms with Crippen LogP contribution < -0.4 is 10.1 Å². The van der Waals surface area contributed by atoms with Crippen LogP contribution in [0, 0.1) is 0 Å². The number of carbonyl (C=O) groups is 1. The molecule has 1 atom stereocenters. The summed E-state index contributed by atoms with van der Waals surface area (Å²) in [6, 6.07) is 8.27. The summed E-state index contributed by atoms with van der Waals surface area (Å²) in [7, 11) is 1.65. The van der Waals surface area contributed by atoms with Crippen LogP contribution in [0.3, 0.4) is 0 Å². The number of rotatable bonds is 3. The second kappa shape index (κ2) is 6.48. The van der Waals surface area contributed by atoms with Gasteiger partial charge in [0, 0.05) is 25.7 Å². The molecule has 1 aromatic carbocycles. The number of hydrogen-bond acceptors (Lipinski definition) is 3. The monoisotopic (exact) mass is 290 g/mol. The van der Waals surface area contributed by atoms with Crippen LogP contribution in [-0.4, -0.2) is 43.6 Å². The van der Waals surface area contributed by atoms with Gasteiger partial charge in [-0.25, -0.2) is 0 Å². The number of amides is 1. The maximum absolute atomic E-state index is 12.9. The van der Waals surface area contributed by atoms with Crippen molar-refractivity contribution in [1.29, 1.82) is 0 Å². The van der Waals surface area contributed by atoms with Crippen LogP contribution in [0.1, 0.15) is 32.8 Å². The van der Waals surface area contributed by atoms with E-state index in [1.165, 1.54) is 0 Å². The molecule has 2 rings (SSSR count). The third kappa shape index (κ3) is 3.56. The van der Waals surface area contributed by atoms with Gasteiger partial charge in [-0.1, -0.05) is 12.1 Å². The molecule has 0 spiro atoms. The molecule has 4 nitrogen and oxygen atoms in total. The Morgan fingerprint density at radius 3 is 2.57 bits per heavy atom. The van der Waals surface area contributed by atoms with Gasteiger partial charge in [-0.05, 0) is 44.9 Å². The Kier molecular flexibility index (Phi) is 4.88. The van der Waals surface area contributed by atoms with Gasteiger partial charge in [0.1, 0.15) is 5.75 Å². The largest absolute Gasteiger partial charge is 0.497 e. The first-order chi connectivity index (χ1) is 9.95. The summed E-state index contributed by atoms with van der Waals surface area (Å²) < 4.78 is 5.18. The molecule has 1 amide bonds. The molecule has 0 bridgehead atoms. The Morgan fingerprint density at radius 1 is 1.29 bits per heavy atom. The first-order valence-corrected chi connectivity index (χ1v) is 7.62. The molecule has 1 aliphatic heterocycles. The minimum atomic E-state index is -0.514. The predicted molar refractivity (Wildman–Crippen MR) is 84.7 cm³/mol. The van der Waals surface area contributed by atoms with Crippen molar-refractivity contribution in [3.63, 3.8) is 0 Å². The van der Waals surface area contributed by atoms with E-state index in [2.05, 4.69) is 12.2 Å². The lowest BCUT2D eigenvalue weighted by Gasteiger charge is -2.31. The van der Waals surface area contributed by atoms with Gasteiger partial charge in [0.15, 0.2) is 0 Å². The number of nitrogens with one attached hydrogen (secondary N) is 1. The van der Waals surface area contributed by atoms with Gasteiger partial charge in [0.25, 0.3) is 0 Å². The van der Waals surface area contributed by atoms with Crippen LogP contribution in [0.2, 0.25) is 0 Å². The molecule has 1 heterocycles. The molecule has 1 aromatic rings. The normalized spacial score (nSPS) is 20.0. The zero-order chi connectivity index (χ0) is 15.5. The average Bonchev–Trinajstić information content (AvgIpc) is 2.71. The van der Waals surface area contributed by atoms with Gasteiger partial charge < -0.3 is 15.0 Å². The van der Waals surface area contributed by atoms with E-state index >= 15 is 0 Å². The summed E-state index contributed by atoms with van der Waals surface area (Å²) in [4.78, 5) is 14.9. The fourth-order valence-electron chi connectivity index (χ4n) is 2.74. The lowest BCUT2D eigenvalue weighted by molar-refractivity contribution is -0.136. The summed E-state index contributed by atoms with van der Waals surface area (Å²) in [6.45, 7) is 8.64. The highest BCUT2D eigenvalue weighted by Gasteiger charge is 2.34. The molecular weight excluding hydrogens is 264 g/mol. The van der Waals surface area contributed by atoms with Gasteiger partial charge in [0.05, 0.1) is 12.5 Å². The topological polar surface area (TPSA) is 41.6 Å². The van der Waals surface area contributed by atoms with E-state index < -0.39 is 5.41 Å². The summed E-state index contributed by atoms with van der Waals surface area (Å²) in [5.74, 6) is 1.01. The van der Waals surface area contributed by atoms with Crippen LogP contribution in [0.5, 0.6) is 5.75 Å². The van der Waals surface area contributed by atoms with Crippen molar-refractivity contribution in [3.05, 3.63) is 29.8 Å². The molecule has 1 unspecified atom stereocenters. The maximum Gasteiger partial charge on any atom is 0.232 e. The minimum Gasteiger partial charge on any atom is -0.497 e. The molecule has 116 valence electrons. The molecule has 1 N–H and O–H groups in total. The third-order valence-corrected chi connectivity index (χ3v) is 4.34. The summed E-state index contributed by atoms with van der Waals surface area (Å²) in [5, 5.41) is 3.43. The number of ether oxygens (including phenoxy) is 1. The molecule has 1 saturated heterocycles. The molecule has 21 heavy (non-hydrogen) atoms. The highest BCUT2D eigenvalue weighted by molar-refractivity contribution is 5.87. The highest BCUT2D eigenvalue weighted by Crippen LogP contribution is 2.27. The van der Waals surface area contributed by atoms with E-state index in [1.807, 2.05) is 43.0 Å². The van der Waals surface area contributed by atoms with Crippen molar-refractivity contribution in [2.45, 2.75) is 38.6 Å². The van der Waals surface area contributed by atoms with Crippen LogP contribution in [0.4, 0.5) is 0 Å². The van der Waals surface area contributed by atoms with Gasteiger partial charge in [0.2, 0.25) is 5.91 Å². The van der Waals surface area contributed by atoms with Crippen molar-refractivity contribution < 1.29 is 9.53 Å². The Morgan fingerprint density at radius 2 is 1.95 bits per heavy atom. The Hall–Kier alpha value is -1.55. The zero-order valence-corrected chi connectivity index (χ0v) is 13.5. The number of methoxy groups -OCH3 is 1. The third-order valence-electron chi connectivity index (χ3n) is 4.34. The summed E-state index contributed by atoms with van der Waals surface area (Å²) >= 11 is 0. The number of nitrogens with zero attached hydrogens (tertiary/aromatic N) is 1. The highest BCUT2D eigenvalue weighted by atomic mass is 16.5. The van der Waals surface area contributed by atoms with Gasteiger partial charge in [-0.15, -0.1) is 0 Å². The molecule has 0 saturated carbocycles. The number of benzene rings is 1. The van der Waals surface area contributed by atoms with Crippen molar-refractivity contribution in [1.82, 2.24) is 10.2 Å². The van der Waals surface area contributed by atoms with Crippen LogP contribution in [0.25, 0.3) is 0 Å². The molecule has 0 aromatic heterocycles. The second-order valence-electron chi connectivity index (χ2n) is 6.29. The number of hydrogen-bond donors (Lipinski definition) is 1. The van der Waals surface area contributed by atoms with Crippen molar-refractivity contribution >= 4 is 5.91 Å². The van der Waals surface area contributed by atoms with Crippen molar-refractivity contribution in [2.24, 2.45) is 0 Å². The van der Waals surface area contributed by atoms with E-state index in [0.29, 0.717) is 6.04 Å². The quantitative estimate of drug-likeness (QED) is 0.928. The second-order valence-corrected chi connectivity index (χ2v) is 6.29. The van der Waals surface area contributed by atoms with Crippen molar-refractivity contribution in [3.8, 4) is 5.75 Å². The number of carbonyl (C=O) groups excluding carboxylic acids is 1. The van der Waals surface area contributed by atoms with E-state index in [4.69, 9.17) is 4.74 Å². The first kappa shape index (κ1) is 15.8. The lowest BCUT2D eigenvalue weighted by atomic mass is 9.83. The van der Waals surface area contributed by atoms with Gasteiger partial charge in [-0.2, -0.15) is 0 Å². The van der Waals surface area contributed by atoms with Crippen LogP contribution in [0.15, 0.2) is 24.3 Å². The molecule has 0 aliphatic carbocycles. The molecular formula is C17H26N2O2. The first-order valence-electron chi connectivity index (χ1n) is 7.62. The summed E-state index contributed by atoms with van der Waals surface area (Å²) in [6.07, 6.45) is 1.00. The van der Waals surface area contributed by atoms with Crippen molar-refractivity contribution in [2.75, 3.05) is 26.7 Å². The fraction of sp³-hybridized carbons (Fsp3) is 0.588. The predicted octanol–water partition coefficient (Wildman–Crippen LogP) is 2.18. The lowest BCUT2D eigenvalue weighted by Crippen LogP contribution is -2.44. The standard InChI is InChI=1S/C17H26N2O2/c1-13-9-11-19(12-10-18-13)16(20)17(2,3)14-5-7-15(21-4)8-6-14/h5-8,13,18H,9-12H2,1-4H3. The average molecular weight is 290 g/mol.